The lowest BCUT2D eigenvalue weighted by Crippen LogP contribution is -2.02. The summed E-state index contributed by atoms with van der Waals surface area (Å²) in [5.41, 5.74) is 37.9. The molecule has 0 atom stereocenters. The molecular formula is C132H84N12. The van der Waals surface area contributed by atoms with Crippen molar-refractivity contribution in [2.24, 2.45) is 0 Å². The summed E-state index contributed by atoms with van der Waals surface area (Å²) in [7, 11) is 0. The molecule has 0 aliphatic rings. The molecule has 0 fully saturated rings. The molecule has 0 spiro atoms. The molecule has 0 saturated carbocycles. The first-order valence-electron chi connectivity index (χ1n) is 48.8. The van der Waals surface area contributed by atoms with Gasteiger partial charge in [-0.05, 0) is 126 Å². The highest BCUT2D eigenvalue weighted by Gasteiger charge is 2.29. The van der Waals surface area contributed by atoms with Gasteiger partial charge < -0.3 is 27.4 Å². The predicted octanol–water partition coefficient (Wildman–Crippen LogP) is 33.5. The molecule has 672 valence electrons. The Hall–Kier alpha value is -19.6. The van der Waals surface area contributed by atoms with Crippen LogP contribution in [0.5, 0.6) is 0 Å². The molecule has 0 bridgehead atoms. The van der Waals surface area contributed by atoms with Crippen LogP contribution in [0.15, 0.2) is 510 Å². The molecule has 12 heteroatoms. The fraction of sp³-hybridized carbons (Fsp3) is 0. The molecule has 21 aromatic carbocycles. The Morgan fingerprint density at radius 2 is 0.410 bits per heavy atom. The lowest BCUT2D eigenvalue weighted by Gasteiger charge is -2.16. The number of para-hydroxylation sites is 11. The van der Waals surface area contributed by atoms with Crippen LogP contribution in [0, 0.1) is 0 Å². The smallest absolute Gasteiger partial charge is 0.113 e. The van der Waals surface area contributed by atoms with Crippen LogP contribution in [0.1, 0.15) is 0 Å². The van der Waals surface area contributed by atoms with Crippen molar-refractivity contribution in [1.82, 2.24) is 57.3 Å². The standard InChI is InChI=1S/C50H32N4.C44H28N4.C38H24N4/c1-4-16-33(17-5-1)46-47(34-18-6-2-7-19-34)52-48-38(26-15-27-43(48)51-46)35-20-14-23-37(32-35)54-45-29-13-11-25-40(45)42-31-30-41-39-24-10-12-28-44(39)53(49(41)50(42)54)36-21-8-3-9-22-36;1-4-15-29(16-5-1)40-41(30-17-6-2-7-18-30)46-42-36(45-40)23-14-26-39(42)48-38-25-13-11-22-33(38)35-28-27-34-32-21-10-12-24-37(32)47(43(34)44(35)48)31-19-8-3-9-20-31;1-3-11-25(12-4-1)31-23-32-33(40-22-21-39-32)24-36(31)42-35-18-10-8-16-28(35)30-20-19-29-27-15-7-9-17-34(27)41(37(29)38(30)42)26-13-5-2-6-14-26/h1-32H;1-28H;1-24H. The first-order valence-corrected chi connectivity index (χ1v) is 48.8. The van der Waals surface area contributed by atoms with E-state index in [2.05, 4.69) is 506 Å². The third kappa shape index (κ3) is 13.4. The number of benzene rings is 21. The van der Waals surface area contributed by atoms with Gasteiger partial charge in [0.25, 0.3) is 0 Å². The number of fused-ring (bicyclic) bond motifs is 24. The van der Waals surface area contributed by atoms with Gasteiger partial charge in [0, 0.05) is 133 Å². The molecule has 0 amide bonds. The van der Waals surface area contributed by atoms with E-state index < -0.39 is 0 Å². The van der Waals surface area contributed by atoms with E-state index in [9.17, 15) is 0 Å². The SMILES string of the molecule is c1ccc(-c2cc3nccnc3cc2-n2c3ccccc3c3ccc4c5ccccc5n(-c5ccccc5)c4c32)cc1.c1ccc(-c2nc3cccc(-c4cccc(-n5c6ccccc6c6ccc7c8ccccc8n(-c8ccccc8)c7c65)c4)c3nc2-c2ccccc2)cc1.c1ccc(-c2nc3cccc(-n4c5ccccc5c5ccc6c7ccccc7n(-c7ccccc7)c6c54)c3nc2-c2ccccc2)cc1. The third-order valence-corrected chi connectivity index (χ3v) is 28.6. The molecule has 0 saturated heterocycles. The lowest BCUT2D eigenvalue weighted by atomic mass is 10.0. The monoisotopic (exact) mass is 1840 g/mol. The fourth-order valence-corrected chi connectivity index (χ4v) is 22.4. The van der Waals surface area contributed by atoms with Crippen LogP contribution in [0.3, 0.4) is 0 Å². The second-order valence-corrected chi connectivity index (χ2v) is 36.7. The zero-order chi connectivity index (χ0) is 94.8. The van der Waals surface area contributed by atoms with Crippen LogP contribution in [0.2, 0.25) is 0 Å². The molecule has 0 aliphatic carbocycles. The molecule has 0 aliphatic heterocycles. The molecule has 12 nitrogen and oxygen atoms in total. The van der Waals surface area contributed by atoms with E-state index >= 15 is 0 Å². The molecule has 0 radical (unpaired) electrons. The summed E-state index contributed by atoms with van der Waals surface area (Å²) >= 11 is 0. The average molecular weight is 1840 g/mol. The minimum Gasteiger partial charge on any atom is -0.307 e. The second kappa shape index (κ2) is 34.3. The Morgan fingerprint density at radius 3 is 0.785 bits per heavy atom. The van der Waals surface area contributed by atoms with Crippen molar-refractivity contribution in [3.63, 3.8) is 0 Å². The van der Waals surface area contributed by atoms with Gasteiger partial charge in [0.2, 0.25) is 0 Å². The van der Waals surface area contributed by atoms with Gasteiger partial charge in [-0.15, -0.1) is 0 Å². The Bertz CT molecular complexity index is 10300. The van der Waals surface area contributed by atoms with E-state index in [0.717, 1.165) is 151 Å². The van der Waals surface area contributed by atoms with Gasteiger partial charge in [0.15, 0.2) is 0 Å². The minimum atomic E-state index is 0.854. The number of nitrogens with zero attached hydrogens (tertiary/aromatic N) is 12. The van der Waals surface area contributed by atoms with Crippen molar-refractivity contribution in [2.75, 3.05) is 0 Å². The van der Waals surface area contributed by atoms with Crippen molar-refractivity contribution in [3.8, 4) is 101 Å². The first kappa shape index (κ1) is 82.7. The zero-order valence-electron chi connectivity index (χ0n) is 77.9. The molecule has 9 aromatic heterocycles. The summed E-state index contributed by atoms with van der Waals surface area (Å²) in [5.74, 6) is 0. The Labute approximate surface area is 826 Å². The number of rotatable bonds is 12. The first-order chi connectivity index (χ1) is 71.5. The highest BCUT2D eigenvalue weighted by Crippen LogP contribution is 2.50. The quantitative estimate of drug-likeness (QED) is 0.121. The minimum absolute atomic E-state index is 0.854. The van der Waals surface area contributed by atoms with Gasteiger partial charge in [-0.2, -0.15) is 0 Å². The molecule has 30 rings (SSSR count). The summed E-state index contributed by atoms with van der Waals surface area (Å²) < 4.78 is 14.6. The molecular weight excluding hydrogens is 1750 g/mol. The van der Waals surface area contributed by atoms with Gasteiger partial charge >= 0.3 is 0 Å². The van der Waals surface area contributed by atoms with Crippen molar-refractivity contribution in [2.45, 2.75) is 0 Å². The number of hydrogen-bond donors (Lipinski definition) is 0. The summed E-state index contributed by atoms with van der Waals surface area (Å²) in [6.07, 6.45) is 3.53. The van der Waals surface area contributed by atoms with Crippen LogP contribution in [-0.2, 0) is 0 Å². The maximum atomic E-state index is 5.50. The molecule has 9 heterocycles. The van der Waals surface area contributed by atoms with E-state index in [1.807, 2.05) is 24.3 Å². The van der Waals surface area contributed by atoms with E-state index in [1.165, 1.54) is 114 Å². The van der Waals surface area contributed by atoms with Gasteiger partial charge in [-0.1, -0.05) is 382 Å². The molecule has 0 unspecified atom stereocenters. The number of aromatic nitrogens is 12. The lowest BCUT2D eigenvalue weighted by molar-refractivity contribution is 1.15. The Kier molecular flexibility index (Phi) is 19.7. The second-order valence-electron chi connectivity index (χ2n) is 36.7. The summed E-state index contributed by atoms with van der Waals surface area (Å²) in [6.45, 7) is 0. The highest BCUT2D eigenvalue weighted by atomic mass is 15.1. The molecule has 0 N–H and O–H groups in total. The van der Waals surface area contributed by atoms with E-state index in [1.54, 1.807) is 12.4 Å². The van der Waals surface area contributed by atoms with Crippen LogP contribution in [-0.4, -0.2) is 57.3 Å². The van der Waals surface area contributed by atoms with Gasteiger partial charge in [0.1, 0.15) is 5.52 Å². The Morgan fingerprint density at radius 1 is 0.146 bits per heavy atom. The maximum absolute atomic E-state index is 5.50. The summed E-state index contributed by atoms with van der Waals surface area (Å²) in [5, 5.41) is 14.7. The van der Waals surface area contributed by atoms with Crippen molar-refractivity contribution in [3.05, 3.63) is 510 Å². The fourth-order valence-electron chi connectivity index (χ4n) is 22.4. The van der Waals surface area contributed by atoms with E-state index in [0.29, 0.717) is 0 Å². The largest absolute Gasteiger partial charge is 0.307 e. The average Bonchev–Trinajstić information content (AvgIpc) is 1.55. The van der Waals surface area contributed by atoms with Crippen LogP contribution in [0.4, 0.5) is 0 Å². The van der Waals surface area contributed by atoms with Crippen molar-refractivity contribution < 1.29 is 0 Å². The maximum Gasteiger partial charge on any atom is 0.113 e. The van der Waals surface area contributed by atoms with Crippen LogP contribution < -0.4 is 0 Å². The summed E-state index contributed by atoms with van der Waals surface area (Å²) in [6, 6.07) is 176. The van der Waals surface area contributed by atoms with Gasteiger partial charge in [0.05, 0.1) is 128 Å². The highest BCUT2D eigenvalue weighted by molar-refractivity contribution is 6.28. The molecule has 30 aromatic rings. The third-order valence-electron chi connectivity index (χ3n) is 28.6. The topological polar surface area (TPSA) is 107 Å². The molecule has 144 heavy (non-hydrogen) atoms. The van der Waals surface area contributed by atoms with E-state index in [-0.39, 0.29) is 0 Å². The number of hydrogen-bond acceptors (Lipinski definition) is 6. The van der Waals surface area contributed by atoms with Crippen molar-refractivity contribution >= 4 is 164 Å². The van der Waals surface area contributed by atoms with E-state index in [4.69, 9.17) is 24.9 Å². The van der Waals surface area contributed by atoms with Crippen LogP contribution in [0.25, 0.3) is 265 Å². The summed E-state index contributed by atoms with van der Waals surface area (Å²) in [4.78, 5) is 31.0. The Balaban J connectivity index is 0.000000106. The van der Waals surface area contributed by atoms with Gasteiger partial charge in [-0.25, -0.2) is 19.9 Å². The predicted molar refractivity (Wildman–Crippen MR) is 597 cm³/mol. The normalized spacial score (nSPS) is 11.8. The van der Waals surface area contributed by atoms with Crippen molar-refractivity contribution in [1.29, 1.82) is 0 Å². The van der Waals surface area contributed by atoms with Crippen LogP contribution >= 0.6 is 0 Å². The zero-order valence-corrected chi connectivity index (χ0v) is 77.9. The van der Waals surface area contributed by atoms with Gasteiger partial charge in [-0.3, -0.25) is 9.97 Å².